The number of nitrogens with two attached hydrogens (primary N) is 3. The number of imidazole rings is 1. The van der Waals surface area contributed by atoms with Gasteiger partial charge in [0.05, 0.1) is 38.2 Å². The van der Waals surface area contributed by atoms with Crippen molar-refractivity contribution in [2.24, 2.45) is 29.0 Å². The van der Waals surface area contributed by atoms with Crippen molar-refractivity contribution in [2.75, 3.05) is 72.5 Å². The van der Waals surface area contributed by atoms with Crippen LogP contribution in [-0.2, 0) is 107 Å². The van der Waals surface area contributed by atoms with Gasteiger partial charge in [-0.05, 0) is 106 Å². The molecule has 5 heterocycles. The number of Topliss-reactive ketones (excluding diaryl/α,β-unsaturated/α-hetero) is 1. The molecule has 0 bridgehead atoms. The highest BCUT2D eigenvalue weighted by Gasteiger charge is 2.44. The Morgan fingerprint density at radius 2 is 1.13 bits per heavy atom. The van der Waals surface area contributed by atoms with E-state index in [2.05, 4.69) is 73.1 Å². The second kappa shape index (κ2) is 52.2. The molecule has 2 fully saturated rings. The van der Waals surface area contributed by atoms with Crippen LogP contribution >= 0.6 is 11.8 Å². The maximum atomic E-state index is 15.7. The number of thioether (sulfide) groups is 1. The highest BCUT2D eigenvalue weighted by molar-refractivity contribution is 8.00. The second-order valence-electron chi connectivity index (χ2n) is 34.4. The zero-order valence-corrected chi connectivity index (χ0v) is 77.8. The van der Waals surface area contributed by atoms with Gasteiger partial charge in [0.25, 0.3) is 0 Å². The van der Waals surface area contributed by atoms with Crippen LogP contribution in [0.4, 0.5) is 0 Å². The molecule has 2 aliphatic rings. The highest BCUT2D eigenvalue weighted by atomic mass is 32.2. The molecule has 134 heavy (non-hydrogen) atoms. The first-order chi connectivity index (χ1) is 63.3. The lowest BCUT2D eigenvalue weighted by atomic mass is 9.92. The molecule has 0 saturated carbocycles. The summed E-state index contributed by atoms with van der Waals surface area (Å²) in [5, 5.41) is 47.0. The Hall–Kier alpha value is -13.3. The third-order valence-electron chi connectivity index (χ3n) is 23.8. The lowest BCUT2D eigenvalue weighted by Crippen LogP contribution is -2.61. The van der Waals surface area contributed by atoms with Gasteiger partial charge in [-0.15, -0.1) is 11.8 Å². The molecule has 730 valence electrons. The number of aromatic amines is 3. The van der Waals surface area contributed by atoms with Crippen molar-refractivity contribution in [1.82, 2.24) is 97.6 Å². The van der Waals surface area contributed by atoms with Gasteiger partial charge in [0.2, 0.25) is 94.5 Å². The van der Waals surface area contributed by atoms with Gasteiger partial charge in [-0.2, -0.15) is 0 Å². The summed E-state index contributed by atoms with van der Waals surface area (Å²) in [7, 11) is 5.32. The number of guanidine groups is 1. The Kier molecular flexibility index (Phi) is 42.0. The number of hydrogen-bond acceptors (Lipinski definition) is 21. The van der Waals surface area contributed by atoms with Crippen LogP contribution in [-0.4, -0.2) is 301 Å². The predicted octanol–water partition coefficient (Wildman–Crippen LogP) is -0.103. The van der Waals surface area contributed by atoms with Crippen LogP contribution in [0.2, 0.25) is 0 Å². The van der Waals surface area contributed by atoms with Gasteiger partial charge < -0.3 is 115 Å². The van der Waals surface area contributed by atoms with Crippen molar-refractivity contribution in [1.29, 1.82) is 5.41 Å². The number of para-hydroxylation sites is 2. The average molecular weight is 1880 g/mol. The van der Waals surface area contributed by atoms with E-state index in [0.29, 0.717) is 75.4 Å². The summed E-state index contributed by atoms with van der Waals surface area (Å²) in [5.74, 6) is -17.9. The van der Waals surface area contributed by atoms with Crippen molar-refractivity contribution < 1.29 is 86.6 Å². The topological polar surface area (TPSA) is 609 Å². The van der Waals surface area contributed by atoms with Gasteiger partial charge in [-0.25, -0.2) is 4.98 Å². The lowest BCUT2D eigenvalue weighted by molar-refractivity contribution is -0.149. The number of fused-ring (bicyclic) bond motifs is 3. The second-order valence-corrected chi connectivity index (χ2v) is 35.4. The van der Waals surface area contributed by atoms with Gasteiger partial charge >= 0.3 is 0 Å². The number of primary amides is 2. The van der Waals surface area contributed by atoms with Gasteiger partial charge in [0.15, 0.2) is 11.7 Å². The molecule has 41 nitrogen and oxygen atoms in total. The Bertz CT molecular complexity index is 5120. The molecule has 2 saturated heterocycles. The number of nitrogens with zero attached hydrogens (tertiary/aromatic N) is 6. The number of rotatable bonds is 26. The van der Waals surface area contributed by atoms with Crippen LogP contribution in [0, 0.1) is 24.2 Å². The standard InChI is InChI=1S/C91H129N23O18S.CH4/c1-11-13-30-72-84(126)103-64(29-21-33-97-91(94)95)81(123)109-71(80(122)100-45-76(93)118)48-133-49-77(119)102-67(38-54-24-16-15-23-52(54)5)87(129)111(8)53(6)78(120)105-69(41-75(92)117)89(131)114-34-22-32-73(114)85(127)104-65(40-58-44-96-50-101-58)82(124)106-66(35-51(3)4)86(128)110(7)46-59(116)37-55(36-56-42-98-62-27-19-17-25-60(56)62)79(121)108-70(47-115)83(125)107-68(39-57-43-99-63-28-20-18-26-61(57)63)88(130)113(10)74(31-14-12-2)90(132)112(72)9;/h15-20,23-28,42-44,50-51,53,55,64-74,98-99,115H,11-14,21-22,29-41,45-49H2,1-10H3,(H2,92,117)(H2,93,118)(H,96,101)(H,100,122)(H,102,119)(H,103,126)(H,104,127)(H,105,120)(H,106,124)(H,107,125)(H,108,121)(H,109,123)(H4,94,95,97);1H4/t53-,55+,64-,65-,66-,67-,68-,69-,70-,71-,72-,73-,74-;/m0./s1. The van der Waals surface area contributed by atoms with Gasteiger partial charge in [0, 0.05) is 125 Å². The molecule has 21 N–H and O–H groups in total. The molecule has 3 aromatic carbocycles. The summed E-state index contributed by atoms with van der Waals surface area (Å²) >= 11 is 0.800. The Morgan fingerprint density at radius 3 is 1.74 bits per heavy atom. The quantitative estimate of drug-likeness (QED) is 0.0191. The predicted molar refractivity (Wildman–Crippen MR) is 502 cm³/mol. The molecule has 6 aromatic rings. The summed E-state index contributed by atoms with van der Waals surface area (Å²) in [4.78, 5) is 268. The smallest absolute Gasteiger partial charge is 0.246 e. The number of aliphatic hydroxyl groups is 1. The number of hydrogen-bond donors (Lipinski definition) is 18. The molecule has 2 aliphatic heterocycles. The monoisotopic (exact) mass is 1880 g/mol. The molecular weight excluding hydrogens is 1750 g/mol. The fourth-order valence-electron chi connectivity index (χ4n) is 16.3. The van der Waals surface area contributed by atoms with Crippen molar-refractivity contribution in [2.45, 2.75) is 231 Å². The number of unbranched alkanes of at least 4 members (excludes halogenated alkanes) is 2. The van der Waals surface area contributed by atoms with E-state index in [4.69, 9.17) is 22.6 Å². The van der Waals surface area contributed by atoms with Crippen LogP contribution in [0.3, 0.4) is 0 Å². The van der Waals surface area contributed by atoms with E-state index in [-0.39, 0.29) is 97.1 Å². The molecule has 0 spiro atoms. The molecular formula is C92H133N23O18S. The Labute approximate surface area is 783 Å². The fourth-order valence-corrected chi connectivity index (χ4v) is 17.1. The number of likely N-dealkylation sites (N-methyl/N-ethyl adjacent to an activating group) is 4. The summed E-state index contributed by atoms with van der Waals surface area (Å²) < 4.78 is 0. The van der Waals surface area contributed by atoms with E-state index < -0.39 is 229 Å². The first-order valence-corrected chi connectivity index (χ1v) is 46.0. The summed E-state index contributed by atoms with van der Waals surface area (Å²) in [6.07, 6.45) is 5.71. The maximum absolute atomic E-state index is 15.7. The molecule has 3 aromatic heterocycles. The molecule has 13 atom stereocenters. The van der Waals surface area contributed by atoms with Gasteiger partial charge in [0.1, 0.15) is 72.5 Å². The number of benzene rings is 3. The van der Waals surface area contributed by atoms with Crippen molar-refractivity contribution in [3.05, 3.63) is 126 Å². The van der Waals surface area contributed by atoms with Crippen molar-refractivity contribution in [3.63, 3.8) is 0 Å². The van der Waals surface area contributed by atoms with Crippen molar-refractivity contribution in [3.8, 4) is 0 Å². The number of H-pyrrole nitrogens is 3. The van der Waals surface area contributed by atoms with Crippen LogP contribution in [0.15, 0.2) is 97.7 Å². The third kappa shape index (κ3) is 30.9. The highest BCUT2D eigenvalue weighted by Crippen LogP contribution is 2.28. The Balaban J connectivity index is 0.0000245. The zero-order valence-electron chi connectivity index (χ0n) is 77.0. The molecule has 0 unspecified atom stereocenters. The average Bonchev–Trinajstić information content (AvgIpc) is 1.61. The lowest BCUT2D eigenvalue weighted by Gasteiger charge is -2.36. The number of aryl methyl sites for hydroxylation is 1. The molecule has 0 radical (unpaired) electrons. The van der Waals surface area contributed by atoms with Crippen molar-refractivity contribution >= 4 is 140 Å². The minimum absolute atomic E-state index is 0. The molecule has 16 amide bonds. The van der Waals surface area contributed by atoms with Crippen LogP contribution in [0.1, 0.15) is 153 Å². The summed E-state index contributed by atoms with van der Waals surface area (Å²) in [5.41, 5.74) is 20.9. The van der Waals surface area contributed by atoms with E-state index in [1.807, 2.05) is 13.8 Å². The van der Waals surface area contributed by atoms with E-state index in [0.717, 1.165) is 31.4 Å². The van der Waals surface area contributed by atoms with Crippen LogP contribution < -0.4 is 70.4 Å². The largest absolute Gasteiger partial charge is 0.394 e. The van der Waals surface area contributed by atoms with E-state index in [9.17, 15) is 62.6 Å². The third-order valence-corrected chi connectivity index (χ3v) is 24.8. The Morgan fingerprint density at radius 1 is 0.567 bits per heavy atom. The number of aliphatic hydroxyl groups excluding tert-OH is 1. The number of amides is 16. The number of aromatic nitrogens is 4. The fraction of sp³-hybridized carbons (Fsp3) is 0.533. The number of nitrogens with one attached hydrogen (secondary N) is 14. The molecule has 42 heteroatoms. The van der Waals surface area contributed by atoms with Gasteiger partial charge in [-0.3, -0.25) is 86.9 Å². The minimum Gasteiger partial charge on any atom is -0.394 e. The first kappa shape index (κ1) is 108. The van der Waals surface area contributed by atoms with Crippen LogP contribution in [0.25, 0.3) is 21.8 Å². The maximum Gasteiger partial charge on any atom is 0.246 e. The van der Waals surface area contributed by atoms with Crippen LogP contribution in [0.5, 0.6) is 0 Å². The molecule has 8 rings (SSSR count). The van der Waals surface area contributed by atoms with E-state index in [1.165, 1.54) is 52.5 Å². The van der Waals surface area contributed by atoms with E-state index >= 15 is 24.0 Å². The van der Waals surface area contributed by atoms with Gasteiger partial charge in [-0.1, -0.05) is 121 Å². The number of carbonyl (C=O) groups excluding carboxylic acids is 17. The summed E-state index contributed by atoms with van der Waals surface area (Å²) in [6, 6.07) is 3.21. The normalized spacial score (nSPS) is 23.3. The van der Waals surface area contributed by atoms with E-state index in [1.54, 1.807) is 106 Å². The zero-order chi connectivity index (χ0) is 97.4. The first-order valence-electron chi connectivity index (χ1n) is 44.8. The summed E-state index contributed by atoms with van der Waals surface area (Å²) in [6.45, 7) is 7.89. The number of ketones is 1. The SMILES string of the molecule is C.CCCC[C@H]1C(=O)N(C)[C@@H](CCCC)C(=O)N[C@@H](CCCNC(=N)N)C(=O)N[C@H](C(=O)NCC(N)=O)CSCC(=O)N[C@@H](Cc2ccccc2C)C(=O)N(C)[C@@H](C)C(=O)N[C@@H](CC(N)=O)C(=O)N2CCC[C@H]2C(=O)N[C@@H](Cc2cnc[nH]2)C(=O)N[C@@H](CC(C)C)C(=O)N(C)CC(=O)C[C@@H](Cc2c[nH]c3ccccc23)C(=O)N[C@@H](CO)C(=O)N[C@@H](Cc2c[nH]c3ccccc23)C(=O)N1C. The molecule has 0 aliphatic carbocycles. The minimum atomic E-state index is -1.81. The number of carbonyl (C=O) groups is 17.